The van der Waals surface area contributed by atoms with Crippen molar-refractivity contribution in [1.82, 2.24) is 25.0 Å². The number of hydrogen-bond acceptors (Lipinski definition) is 5. The monoisotopic (exact) mass is 267 g/mol. The molecule has 6 heteroatoms. The molecule has 0 aliphatic carbocycles. The maximum absolute atomic E-state index is 12.2. The van der Waals surface area contributed by atoms with Crippen LogP contribution >= 0.6 is 0 Å². The van der Waals surface area contributed by atoms with Crippen molar-refractivity contribution in [3.63, 3.8) is 0 Å². The van der Waals surface area contributed by atoms with Crippen LogP contribution in [0.1, 0.15) is 21.9 Å². The lowest BCUT2D eigenvalue weighted by molar-refractivity contribution is 0.0987. The second-order valence-corrected chi connectivity index (χ2v) is 4.60. The van der Waals surface area contributed by atoms with Crippen LogP contribution in [-0.4, -0.2) is 30.7 Å². The third-order valence-electron chi connectivity index (χ3n) is 2.92. The Hall–Kier alpha value is -2.63. The molecule has 6 nitrogen and oxygen atoms in total. The number of fused-ring (bicyclic) bond motifs is 1. The van der Waals surface area contributed by atoms with E-state index in [1.165, 1.54) is 4.80 Å². The highest BCUT2D eigenvalue weighted by Crippen LogP contribution is 2.09. The van der Waals surface area contributed by atoms with Crippen LogP contribution in [0.3, 0.4) is 0 Å². The van der Waals surface area contributed by atoms with Gasteiger partial charge in [-0.2, -0.15) is 9.90 Å². The van der Waals surface area contributed by atoms with Crippen LogP contribution in [0, 0.1) is 6.92 Å². The third kappa shape index (κ3) is 2.40. The summed E-state index contributed by atoms with van der Waals surface area (Å²) in [7, 11) is 1.74. The first kappa shape index (κ1) is 12.4. The molecular formula is C14H13N5O. The Labute approximate surface area is 115 Å². The minimum atomic E-state index is -0.0514. The molecule has 0 spiro atoms. The molecule has 3 rings (SSSR count). The molecule has 0 saturated carbocycles. The topological polar surface area (TPSA) is 73.6 Å². The molecule has 100 valence electrons. The van der Waals surface area contributed by atoms with Gasteiger partial charge in [-0.15, -0.1) is 5.10 Å². The van der Waals surface area contributed by atoms with E-state index >= 15 is 0 Å². The number of aromatic nitrogens is 5. The van der Waals surface area contributed by atoms with Crippen molar-refractivity contribution in [2.24, 2.45) is 7.05 Å². The fourth-order valence-electron chi connectivity index (χ4n) is 2.00. The maximum atomic E-state index is 12.2. The van der Waals surface area contributed by atoms with Crippen molar-refractivity contribution in [2.45, 2.75) is 13.3 Å². The fraction of sp³-hybridized carbons (Fsp3) is 0.214. The van der Waals surface area contributed by atoms with Crippen LogP contribution in [-0.2, 0) is 13.5 Å². The Morgan fingerprint density at radius 1 is 1.15 bits per heavy atom. The number of nitrogens with zero attached hydrogens (tertiary/aromatic N) is 5. The molecule has 0 atom stereocenters. The Bertz CT molecular complexity index is 793. The van der Waals surface area contributed by atoms with Crippen molar-refractivity contribution in [3.8, 4) is 0 Å². The molecule has 0 aliphatic rings. The Morgan fingerprint density at radius 2 is 2.00 bits per heavy atom. The van der Waals surface area contributed by atoms with E-state index < -0.39 is 0 Å². The van der Waals surface area contributed by atoms with Crippen LogP contribution in [0.25, 0.3) is 11.2 Å². The smallest absolute Gasteiger partial charge is 0.202 e. The molecule has 0 saturated heterocycles. The summed E-state index contributed by atoms with van der Waals surface area (Å²) in [6.07, 6.45) is 0.211. The van der Waals surface area contributed by atoms with Crippen LogP contribution in [0.2, 0.25) is 0 Å². The lowest BCUT2D eigenvalue weighted by Gasteiger charge is -2.01. The van der Waals surface area contributed by atoms with E-state index in [0.717, 1.165) is 11.2 Å². The fourth-order valence-corrected chi connectivity index (χ4v) is 2.00. The molecule has 3 aromatic heterocycles. The van der Waals surface area contributed by atoms with Gasteiger partial charge in [0.05, 0.1) is 12.1 Å². The number of rotatable bonds is 3. The van der Waals surface area contributed by atoms with Gasteiger partial charge in [0, 0.05) is 12.7 Å². The predicted octanol–water partition coefficient (Wildman–Crippen LogP) is 1.49. The van der Waals surface area contributed by atoms with E-state index in [1.54, 1.807) is 19.2 Å². The van der Waals surface area contributed by atoms with Crippen LogP contribution in [0.15, 0.2) is 30.3 Å². The second kappa shape index (κ2) is 4.80. The van der Waals surface area contributed by atoms with Gasteiger partial charge in [-0.3, -0.25) is 9.78 Å². The molecular weight excluding hydrogens is 254 g/mol. The molecule has 0 bridgehead atoms. The lowest BCUT2D eigenvalue weighted by atomic mass is 10.1. The normalized spacial score (nSPS) is 10.9. The molecule has 3 aromatic rings. The van der Waals surface area contributed by atoms with E-state index in [-0.39, 0.29) is 12.2 Å². The zero-order chi connectivity index (χ0) is 14.1. The van der Waals surface area contributed by atoms with Gasteiger partial charge in [0.15, 0.2) is 5.78 Å². The van der Waals surface area contributed by atoms with E-state index in [2.05, 4.69) is 20.2 Å². The number of carbonyl (C=O) groups excluding carboxylic acids is 1. The van der Waals surface area contributed by atoms with Gasteiger partial charge < -0.3 is 0 Å². The van der Waals surface area contributed by atoms with E-state index in [4.69, 9.17) is 0 Å². The van der Waals surface area contributed by atoms with Crippen molar-refractivity contribution in [1.29, 1.82) is 0 Å². The summed E-state index contributed by atoms with van der Waals surface area (Å²) in [5, 5.41) is 8.28. The Kier molecular flexibility index (Phi) is 2.98. The van der Waals surface area contributed by atoms with E-state index in [0.29, 0.717) is 17.0 Å². The molecule has 20 heavy (non-hydrogen) atoms. The minimum Gasteiger partial charge on any atom is -0.292 e. The highest BCUT2D eigenvalue weighted by atomic mass is 16.1. The van der Waals surface area contributed by atoms with Crippen LogP contribution in [0.5, 0.6) is 0 Å². The molecule has 0 fully saturated rings. The average molecular weight is 267 g/mol. The number of hydrogen-bond donors (Lipinski definition) is 0. The van der Waals surface area contributed by atoms with Gasteiger partial charge in [0.2, 0.25) is 5.65 Å². The molecule has 0 radical (unpaired) electrons. The van der Waals surface area contributed by atoms with E-state index in [1.807, 2.05) is 25.1 Å². The zero-order valence-corrected chi connectivity index (χ0v) is 11.2. The summed E-state index contributed by atoms with van der Waals surface area (Å²) < 4.78 is 0. The highest BCUT2D eigenvalue weighted by Gasteiger charge is 2.11. The van der Waals surface area contributed by atoms with Gasteiger partial charge in [-0.05, 0) is 31.2 Å². The summed E-state index contributed by atoms with van der Waals surface area (Å²) in [6, 6.07) is 9.03. The van der Waals surface area contributed by atoms with Crippen molar-refractivity contribution in [2.75, 3.05) is 0 Å². The molecule has 0 aromatic carbocycles. The maximum Gasteiger partial charge on any atom is 0.202 e. The minimum absolute atomic E-state index is 0.0514. The summed E-state index contributed by atoms with van der Waals surface area (Å²) in [4.78, 5) is 22.2. The van der Waals surface area contributed by atoms with Crippen molar-refractivity contribution >= 4 is 16.9 Å². The molecule has 0 N–H and O–H groups in total. The molecule has 0 amide bonds. The first-order valence-electron chi connectivity index (χ1n) is 6.25. The highest BCUT2D eigenvalue weighted by molar-refractivity contribution is 5.95. The summed E-state index contributed by atoms with van der Waals surface area (Å²) in [5.74, 6) is -0.0514. The van der Waals surface area contributed by atoms with Crippen LogP contribution < -0.4 is 0 Å². The largest absolute Gasteiger partial charge is 0.292 e. The number of ketones is 1. The number of carbonyl (C=O) groups is 1. The standard InChI is InChI=1S/C14H13N5O/c1-9-4-3-5-11(15-9)13(20)8-10-6-7-12-14(16-10)18-19(2)17-12/h3-7H,8H2,1-2H3. The molecule has 0 unspecified atom stereocenters. The quantitative estimate of drug-likeness (QED) is 0.672. The second-order valence-electron chi connectivity index (χ2n) is 4.60. The predicted molar refractivity (Wildman–Crippen MR) is 73.3 cm³/mol. The van der Waals surface area contributed by atoms with Gasteiger partial charge in [0.1, 0.15) is 11.2 Å². The molecule has 3 heterocycles. The molecule has 0 aliphatic heterocycles. The average Bonchev–Trinajstić information content (AvgIpc) is 2.78. The SMILES string of the molecule is Cc1cccc(C(=O)Cc2ccc3nn(C)nc3n2)n1. The lowest BCUT2D eigenvalue weighted by Crippen LogP contribution is -2.07. The Morgan fingerprint density at radius 3 is 2.80 bits per heavy atom. The van der Waals surface area contributed by atoms with Gasteiger partial charge in [-0.25, -0.2) is 4.98 Å². The summed E-state index contributed by atoms with van der Waals surface area (Å²) >= 11 is 0. The Balaban J connectivity index is 1.87. The number of aryl methyl sites for hydroxylation is 2. The zero-order valence-electron chi connectivity index (χ0n) is 11.2. The van der Waals surface area contributed by atoms with Gasteiger partial charge in [0.25, 0.3) is 0 Å². The van der Waals surface area contributed by atoms with Crippen molar-refractivity contribution < 1.29 is 4.79 Å². The van der Waals surface area contributed by atoms with Crippen molar-refractivity contribution in [3.05, 3.63) is 47.4 Å². The number of Topliss-reactive ketones (excluding diaryl/α,β-unsaturated/α-hetero) is 1. The number of pyridine rings is 2. The summed E-state index contributed by atoms with van der Waals surface area (Å²) in [6.45, 7) is 1.86. The third-order valence-corrected chi connectivity index (χ3v) is 2.92. The first-order valence-corrected chi connectivity index (χ1v) is 6.25. The van der Waals surface area contributed by atoms with Gasteiger partial charge >= 0.3 is 0 Å². The summed E-state index contributed by atoms with van der Waals surface area (Å²) in [5.41, 5.74) is 3.23. The van der Waals surface area contributed by atoms with Gasteiger partial charge in [-0.1, -0.05) is 6.07 Å². The van der Waals surface area contributed by atoms with Crippen LogP contribution in [0.4, 0.5) is 0 Å². The van der Waals surface area contributed by atoms with E-state index in [9.17, 15) is 4.79 Å². The first-order chi connectivity index (χ1) is 9.61.